The zero-order valence-electron chi connectivity index (χ0n) is 15.3. The van der Waals surface area contributed by atoms with E-state index in [1.165, 1.54) is 18.2 Å². The van der Waals surface area contributed by atoms with Crippen LogP contribution in [0.25, 0.3) is 0 Å². The molecule has 1 aliphatic heterocycles. The lowest BCUT2D eigenvalue weighted by Crippen LogP contribution is -2.39. The Kier molecular flexibility index (Phi) is 5.79. The smallest absolute Gasteiger partial charge is 0.418 e. The first-order chi connectivity index (χ1) is 13.3. The Labute approximate surface area is 160 Å². The van der Waals surface area contributed by atoms with Gasteiger partial charge in [0.2, 0.25) is 0 Å². The SMILES string of the molecule is Cc1ccc2c(c1)N(CCCC(O)Nc1ccccc1C(F)(F)F)C(=O)CO2. The number of para-hydroxylation sites is 1. The number of halogens is 3. The lowest BCUT2D eigenvalue weighted by atomic mass is 10.1. The average molecular weight is 394 g/mol. The third kappa shape index (κ3) is 4.56. The van der Waals surface area contributed by atoms with Crippen LogP contribution in [-0.2, 0) is 11.0 Å². The van der Waals surface area contributed by atoms with E-state index < -0.39 is 18.0 Å². The monoisotopic (exact) mass is 394 g/mol. The Hall–Kier alpha value is -2.74. The standard InChI is InChI=1S/C20H21F3N2O3/c1-13-8-9-17-16(11-13)25(19(27)12-28-17)10-4-7-18(26)24-15-6-3-2-5-14(15)20(21,22)23/h2-3,5-6,8-9,11,18,24,26H,4,7,10,12H2,1H3. The van der Waals surface area contributed by atoms with E-state index in [-0.39, 0.29) is 24.6 Å². The molecular weight excluding hydrogens is 373 g/mol. The van der Waals surface area contributed by atoms with Gasteiger partial charge in [-0.1, -0.05) is 18.2 Å². The van der Waals surface area contributed by atoms with Crippen molar-refractivity contribution in [3.05, 3.63) is 53.6 Å². The van der Waals surface area contributed by atoms with E-state index in [0.717, 1.165) is 11.6 Å². The molecule has 2 N–H and O–H groups in total. The second-order valence-corrected chi connectivity index (χ2v) is 6.65. The van der Waals surface area contributed by atoms with Gasteiger partial charge in [-0.25, -0.2) is 0 Å². The Bertz CT molecular complexity index is 855. The number of anilines is 2. The van der Waals surface area contributed by atoms with Crippen LogP contribution in [0.3, 0.4) is 0 Å². The lowest BCUT2D eigenvalue weighted by Gasteiger charge is -2.30. The van der Waals surface area contributed by atoms with E-state index in [4.69, 9.17) is 4.74 Å². The van der Waals surface area contributed by atoms with E-state index in [2.05, 4.69) is 5.32 Å². The third-order valence-electron chi connectivity index (χ3n) is 4.47. The number of amides is 1. The fourth-order valence-electron chi connectivity index (χ4n) is 3.11. The molecule has 0 spiro atoms. The van der Waals surface area contributed by atoms with Gasteiger partial charge in [0, 0.05) is 12.2 Å². The number of aliphatic hydroxyl groups is 1. The lowest BCUT2D eigenvalue weighted by molar-refractivity contribution is -0.137. The Morgan fingerprint density at radius 1 is 1.25 bits per heavy atom. The summed E-state index contributed by atoms with van der Waals surface area (Å²) < 4.78 is 44.5. The number of hydrogen-bond acceptors (Lipinski definition) is 4. The highest BCUT2D eigenvalue weighted by atomic mass is 19.4. The van der Waals surface area contributed by atoms with Crippen LogP contribution in [0, 0.1) is 6.92 Å². The van der Waals surface area contributed by atoms with Crippen molar-refractivity contribution in [2.75, 3.05) is 23.4 Å². The van der Waals surface area contributed by atoms with E-state index in [9.17, 15) is 23.1 Å². The van der Waals surface area contributed by atoms with Crippen molar-refractivity contribution in [2.45, 2.75) is 32.2 Å². The first-order valence-electron chi connectivity index (χ1n) is 8.90. The van der Waals surface area contributed by atoms with E-state index in [0.29, 0.717) is 24.4 Å². The summed E-state index contributed by atoms with van der Waals surface area (Å²) in [5.41, 5.74) is 0.640. The van der Waals surface area contributed by atoms with Gasteiger partial charge < -0.3 is 20.1 Å². The highest BCUT2D eigenvalue weighted by Gasteiger charge is 2.33. The number of ether oxygens (including phenoxy) is 1. The van der Waals surface area contributed by atoms with Crippen LogP contribution in [0.4, 0.5) is 24.5 Å². The number of carbonyl (C=O) groups excluding carboxylic acids is 1. The summed E-state index contributed by atoms with van der Waals surface area (Å²) in [4.78, 5) is 13.8. The predicted octanol–water partition coefficient (Wildman–Crippen LogP) is 3.95. The molecule has 3 rings (SSSR count). The first-order valence-corrected chi connectivity index (χ1v) is 8.90. The summed E-state index contributed by atoms with van der Waals surface area (Å²) in [5, 5.41) is 12.6. The van der Waals surface area contributed by atoms with Crippen molar-refractivity contribution in [3.63, 3.8) is 0 Å². The number of nitrogens with one attached hydrogen (secondary N) is 1. The molecule has 0 saturated carbocycles. The van der Waals surface area contributed by atoms with Crippen molar-refractivity contribution in [1.82, 2.24) is 0 Å². The molecule has 1 aliphatic rings. The Morgan fingerprint density at radius 3 is 2.75 bits per heavy atom. The minimum atomic E-state index is -4.51. The summed E-state index contributed by atoms with van der Waals surface area (Å²) >= 11 is 0. The molecule has 150 valence electrons. The van der Waals surface area contributed by atoms with Crippen LogP contribution in [0.2, 0.25) is 0 Å². The number of fused-ring (bicyclic) bond motifs is 1. The maximum atomic E-state index is 13.0. The quantitative estimate of drug-likeness (QED) is 0.729. The maximum absolute atomic E-state index is 13.0. The maximum Gasteiger partial charge on any atom is 0.418 e. The van der Waals surface area contributed by atoms with E-state index >= 15 is 0 Å². The van der Waals surface area contributed by atoms with Gasteiger partial charge in [0.15, 0.2) is 6.61 Å². The highest BCUT2D eigenvalue weighted by Crippen LogP contribution is 2.35. The minimum absolute atomic E-state index is 0.0597. The second-order valence-electron chi connectivity index (χ2n) is 6.65. The molecule has 2 aromatic carbocycles. The van der Waals surface area contributed by atoms with Gasteiger partial charge in [0.25, 0.3) is 5.91 Å². The van der Waals surface area contributed by atoms with Gasteiger partial charge in [0.05, 0.1) is 11.3 Å². The fourth-order valence-corrected chi connectivity index (χ4v) is 3.11. The summed E-state index contributed by atoms with van der Waals surface area (Å²) in [6.45, 7) is 2.18. The minimum Gasteiger partial charge on any atom is -0.482 e. The van der Waals surface area contributed by atoms with E-state index in [1.807, 2.05) is 19.1 Å². The van der Waals surface area contributed by atoms with Crippen LogP contribution in [-0.4, -0.2) is 30.4 Å². The van der Waals surface area contributed by atoms with Gasteiger partial charge in [0.1, 0.15) is 12.0 Å². The topological polar surface area (TPSA) is 61.8 Å². The summed E-state index contributed by atoms with van der Waals surface area (Å²) in [6, 6.07) is 10.5. The number of hydrogen-bond donors (Lipinski definition) is 2. The normalized spacial score (nSPS) is 15.0. The number of aliphatic hydroxyl groups excluding tert-OH is 1. The van der Waals surface area contributed by atoms with Gasteiger partial charge in [-0.05, 0) is 49.6 Å². The largest absolute Gasteiger partial charge is 0.482 e. The molecule has 8 heteroatoms. The molecule has 1 amide bonds. The number of rotatable bonds is 6. The van der Waals surface area contributed by atoms with Crippen LogP contribution in [0.5, 0.6) is 5.75 Å². The summed E-state index contributed by atoms with van der Waals surface area (Å²) in [5.74, 6) is 0.422. The Balaban J connectivity index is 1.60. The van der Waals surface area contributed by atoms with Gasteiger partial charge in [-0.2, -0.15) is 13.2 Å². The molecule has 28 heavy (non-hydrogen) atoms. The molecule has 0 fully saturated rings. The van der Waals surface area contributed by atoms with Crippen molar-refractivity contribution in [1.29, 1.82) is 0 Å². The van der Waals surface area contributed by atoms with Gasteiger partial charge in [-0.3, -0.25) is 4.79 Å². The number of carbonyl (C=O) groups is 1. The molecule has 0 bridgehead atoms. The zero-order valence-corrected chi connectivity index (χ0v) is 15.3. The average Bonchev–Trinajstić information content (AvgIpc) is 2.63. The number of benzene rings is 2. The number of nitrogens with zero attached hydrogens (tertiary/aromatic N) is 1. The highest BCUT2D eigenvalue weighted by molar-refractivity contribution is 5.97. The second kappa shape index (κ2) is 8.10. The van der Waals surface area contributed by atoms with Crippen molar-refractivity contribution in [3.8, 4) is 5.75 Å². The zero-order chi connectivity index (χ0) is 20.3. The van der Waals surface area contributed by atoms with Crippen molar-refractivity contribution in [2.24, 2.45) is 0 Å². The molecule has 0 aromatic heterocycles. The van der Waals surface area contributed by atoms with Gasteiger partial charge in [-0.15, -0.1) is 0 Å². The molecular formula is C20H21F3N2O3. The number of aryl methyl sites for hydroxylation is 1. The van der Waals surface area contributed by atoms with Gasteiger partial charge >= 0.3 is 6.18 Å². The molecule has 0 radical (unpaired) electrons. The molecule has 1 heterocycles. The van der Waals surface area contributed by atoms with Crippen molar-refractivity contribution >= 4 is 17.3 Å². The predicted molar refractivity (Wildman–Crippen MR) is 99.3 cm³/mol. The molecule has 5 nitrogen and oxygen atoms in total. The van der Waals surface area contributed by atoms with Crippen LogP contribution < -0.4 is 15.0 Å². The van der Waals surface area contributed by atoms with E-state index in [1.54, 1.807) is 11.0 Å². The number of alkyl halides is 3. The molecule has 0 saturated heterocycles. The van der Waals surface area contributed by atoms with Crippen LogP contribution in [0.1, 0.15) is 24.0 Å². The fraction of sp³-hybridized carbons (Fsp3) is 0.350. The molecule has 1 unspecified atom stereocenters. The summed E-state index contributed by atoms with van der Waals surface area (Å²) in [7, 11) is 0. The van der Waals surface area contributed by atoms with Crippen LogP contribution in [0.15, 0.2) is 42.5 Å². The third-order valence-corrected chi connectivity index (χ3v) is 4.47. The summed E-state index contributed by atoms with van der Waals surface area (Å²) in [6.07, 6.45) is -5.10. The molecule has 2 aromatic rings. The first kappa shape index (κ1) is 20.0. The van der Waals surface area contributed by atoms with Crippen LogP contribution >= 0.6 is 0 Å². The molecule has 1 atom stereocenters. The molecule has 0 aliphatic carbocycles. The Morgan fingerprint density at radius 2 is 2.00 bits per heavy atom. The van der Waals surface area contributed by atoms with Crippen molar-refractivity contribution < 1.29 is 27.8 Å².